The number of hydrogen-bond donors (Lipinski definition) is 1. The number of para-hydroxylation sites is 1. The van der Waals surface area contributed by atoms with Crippen molar-refractivity contribution < 1.29 is 9.84 Å². The lowest BCUT2D eigenvalue weighted by atomic mass is 10.2. The lowest BCUT2D eigenvalue weighted by Gasteiger charge is -2.07. The zero-order valence-electron chi connectivity index (χ0n) is 8.79. The number of hydrogen-bond acceptors (Lipinski definition) is 2. The fourth-order valence-corrected chi connectivity index (χ4v) is 1.50. The van der Waals surface area contributed by atoms with Crippen molar-refractivity contribution in [3.8, 4) is 5.75 Å². The molecule has 0 bridgehead atoms. The smallest absolute Gasteiger partial charge is 0.137 e. The lowest BCUT2D eigenvalue weighted by Crippen LogP contribution is -1.97. The van der Waals surface area contributed by atoms with Crippen LogP contribution in [0, 0.1) is 0 Å². The monoisotopic (exact) mass is 228 g/mol. The van der Waals surface area contributed by atoms with Gasteiger partial charge in [0.25, 0.3) is 0 Å². The Labute approximate surface area is 95.8 Å². The third-order valence-electron chi connectivity index (χ3n) is 2.15. The maximum absolute atomic E-state index is 8.59. The SMILES string of the molecule is OCCCCCCOc1ccccc1Cl. The van der Waals surface area contributed by atoms with Gasteiger partial charge in [0, 0.05) is 6.61 Å². The molecule has 0 atom stereocenters. The minimum atomic E-state index is 0.283. The first-order chi connectivity index (χ1) is 7.34. The van der Waals surface area contributed by atoms with Crippen LogP contribution in [-0.4, -0.2) is 18.3 Å². The van der Waals surface area contributed by atoms with E-state index in [4.69, 9.17) is 21.4 Å². The van der Waals surface area contributed by atoms with Gasteiger partial charge in [-0.15, -0.1) is 0 Å². The molecular formula is C12H17ClO2. The van der Waals surface area contributed by atoms with Gasteiger partial charge in [-0.05, 0) is 31.4 Å². The first kappa shape index (κ1) is 12.3. The molecule has 1 N–H and O–H groups in total. The van der Waals surface area contributed by atoms with Crippen molar-refractivity contribution >= 4 is 11.6 Å². The highest BCUT2D eigenvalue weighted by atomic mass is 35.5. The van der Waals surface area contributed by atoms with Gasteiger partial charge in [-0.1, -0.05) is 30.2 Å². The Morgan fingerprint density at radius 2 is 1.80 bits per heavy atom. The summed E-state index contributed by atoms with van der Waals surface area (Å²) in [6.45, 7) is 0.973. The van der Waals surface area contributed by atoms with Gasteiger partial charge in [0.2, 0.25) is 0 Å². The van der Waals surface area contributed by atoms with Gasteiger partial charge in [0.1, 0.15) is 5.75 Å². The van der Waals surface area contributed by atoms with Crippen LogP contribution in [0.15, 0.2) is 24.3 Å². The van der Waals surface area contributed by atoms with E-state index in [9.17, 15) is 0 Å². The number of halogens is 1. The van der Waals surface area contributed by atoms with Gasteiger partial charge >= 0.3 is 0 Å². The number of aliphatic hydroxyl groups excluding tert-OH is 1. The second kappa shape index (κ2) is 7.55. The Kier molecular flexibility index (Phi) is 6.21. The topological polar surface area (TPSA) is 29.5 Å². The first-order valence-electron chi connectivity index (χ1n) is 5.33. The molecule has 0 unspecified atom stereocenters. The van der Waals surface area contributed by atoms with Crippen molar-refractivity contribution in [2.45, 2.75) is 25.7 Å². The summed E-state index contributed by atoms with van der Waals surface area (Å²) in [5, 5.41) is 9.25. The quantitative estimate of drug-likeness (QED) is 0.726. The van der Waals surface area contributed by atoms with Crippen LogP contribution >= 0.6 is 11.6 Å². The average molecular weight is 229 g/mol. The minimum Gasteiger partial charge on any atom is -0.492 e. The highest BCUT2D eigenvalue weighted by Crippen LogP contribution is 2.23. The molecule has 0 spiro atoms. The molecule has 0 aliphatic heterocycles. The Balaban J connectivity index is 2.12. The molecule has 2 nitrogen and oxygen atoms in total. The Morgan fingerprint density at radius 1 is 1.07 bits per heavy atom. The van der Waals surface area contributed by atoms with Crippen molar-refractivity contribution in [1.82, 2.24) is 0 Å². The molecule has 3 heteroatoms. The number of aliphatic hydroxyl groups is 1. The molecular weight excluding hydrogens is 212 g/mol. The molecule has 0 fully saturated rings. The van der Waals surface area contributed by atoms with Crippen molar-refractivity contribution in [2.75, 3.05) is 13.2 Å². The van der Waals surface area contributed by atoms with Gasteiger partial charge in [0.05, 0.1) is 11.6 Å². The molecule has 0 aliphatic rings. The summed E-state index contributed by atoms with van der Waals surface area (Å²) in [7, 11) is 0. The maximum Gasteiger partial charge on any atom is 0.137 e. The number of benzene rings is 1. The highest BCUT2D eigenvalue weighted by Gasteiger charge is 1.98. The Morgan fingerprint density at radius 3 is 2.53 bits per heavy atom. The zero-order valence-corrected chi connectivity index (χ0v) is 9.54. The minimum absolute atomic E-state index is 0.283. The van der Waals surface area contributed by atoms with Crippen LogP contribution in [-0.2, 0) is 0 Å². The summed E-state index contributed by atoms with van der Waals surface area (Å²) in [4.78, 5) is 0. The molecule has 0 aliphatic carbocycles. The molecule has 1 aromatic rings. The van der Waals surface area contributed by atoms with E-state index in [1.807, 2.05) is 24.3 Å². The van der Waals surface area contributed by atoms with Crippen LogP contribution in [0.2, 0.25) is 5.02 Å². The standard InChI is InChI=1S/C12H17ClO2/c13-11-7-3-4-8-12(11)15-10-6-2-1-5-9-14/h3-4,7-8,14H,1-2,5-6,9-10H2. The van der Waals surface area contributed by atoms with Gasteiger partial charge in [-0.3, -0.25) is 0 Å². The summed E-state index contributed by atoms with van der Waals surface area (Å²) in [6, 6.07) is 7.49. The normalized spacial score (nSPS) is 10.3. The maximum atomic E-state index is 8.59. The second-order valence-corrected chi connectivity index (χ2v) is 3.82. The number of rotatable bonds is 7. The molecule has 1 aromatic carbocycles. The van der Waals surface area contributed by atoms with Crippen molar-refractivity contribution in [2.24, 2.45) is 0 Å². The summed E-state index contributed by atoms with van der Waals surface area (Å²) >= 11 is 5.93. The first-order valence-corrected chi connectivity index (χ1v) is 5.70. The highest BCUT2D eigenvalue weighted by molar-refractivity contribution is 6.32. The molecule has 0 amide bonds. The van der Waals surface area contributed by atoms with Crippen molar-refractivity contribution in [3.63, 3.8) is 0 Å². The summed E-state index contributed by atoms with van der Waals surface area (Å²) in [5.74, 6) is 0.751. The number of ether oxygens (including phenoxy) is 1. The summed E-state index contributed by atoms with van der Waals surface area (Å²) in [5.41, 5.74) is 0. The predicted molar refractivity (Wildman–Crippen MR) is 62.5 cm³/mol. The van der Waals surface area contributed by atoms with E-state index in [0.29, 0.717) is 11.6 Å². The van der Waals surface area contributed by atoms with Gasteiger partial charge in [-0.25, -0.2) is 0 Å². The van der Waals surface area contributed by atoms with E-state index in [1.54, 1.807) is 0 Å². The molecule has 0 aromatic heterocycles. The zero-order chi connectivity index (χ0) is 10.9. The van der Waals surface area contributed by atoms with E-state index in [1.165, 1.54) is 0 Å². The molecule has 0 heterocycles. The second-order valence-electron chi connectivity index (χ2n) is 3.42. The Bertz CT molecular complexity index is 276. The van der Waals surface area contributed by atoms with Crippen molar-refractivity contribution in [1.29, 1.82) is 0 Å². The van der Waals surface area contributed by atoms with Gasteiger partial charge < -0.3 is 9.84 Å². The molecule has 0 saturated heterocycles. The van der Waals surface area contributed by atoms with E-state index < -0.39 is 0 Å². The number of unbranched alkanes of at least 4 members (excludes halogenated alkanes) is 3. The molecule has 1 rings (SSSR count). The van der Waals surface area contributed by atoms with Crippen LogP contribution in [0.25, 0.3) is 0 Å². The van der Waals surface area contributed by atoms with Crippen LogP contribution in [0.1, 0.15) is 25.7 Å². The average Bonchev–Trinajstić information content (AvgIpc) is 2.25. The van der Waals surface area contributed by atoms with Crippen LogP contribution in [0.4, 0.5) is 0 Å². The van der Waals surface area contributed by atoms with Crippen LogP contribution in [0.3, 0.4) is 0 Å². The van der Waals surface area contributed by atoms with Gasteiger partial charge in [0.15, 0.2) is 0 Å². The van der Waals surface area contributed by atoms with Gasteiger partial charge in [-0.2, -0.15) is 0 Å². The van der Waals surface area contributed by atoms with Crippen LogP contribution < -0.4 is 4.74 Å². The van der Waals surface area contributed by atoms with E-state index >= 15 is 0 Å². The summed E-state index contributed by atoms with van der Waals surface area (Å²) in [6.07, 6.45) is 4.03. The fraction of sp³-hybridized carbons (Fsp3) is 0.500. The lowest BCUT2D eigenvalue weighted by molar-refractivity contribution is 0.273. The van der Waals surface area contributed by atoms with E-state index in [0.717, 1.165) is 31.4 Å². The van der Waals surface area contributed by atoms with Crippen molar-refractivity contribution in [3.05, 3.63) is 29.3 Å². The van der Waals surface area contributed by atoms with E-state index in [-0.39, 0.29) is 6.61 Å². The predicted octanol–water partition coefficient (Wildman–Crippen LogP) is 3.27. The molecule has 0 saturated carbocycles. The summed E-state index contributed by atoms with van der Waals surface area (Å²) < 4.78 is 5.52. The third kappa shape index (κ3) is 5.05. The molecule has 15 heavy (non-hydrogen) atoms. The fourth-order valence-electron chi connectivity index (χ4n) is 1.31. The third-order valence-corrected chi connectivity index (χ3v) is 2.46. The largest absolute Gasteiger partial charge is 0.492 e. The van der Waals surface area contributed by atoms with E-state index in [2.05, 4.69) is 0 Å². The molecule has 84 valence electrons. The Hall–Kier alpha value is -0.730. The van der Waals surface area contributed by atoms with Crippen LogP contribution in [0.5, 0.6) is 5.75 Å². The molecule has 0 radical (unpaired) electrons.